The molecular weight excluding hydrogens is 415 g/mol. The summed E-state index contributed by atoms with van der Waals surface area (Å²) in [6.07, 6.45) is 1.50. The number of nitrogens with zero attached hydrogens (tertiary/aromatic N) is 3. The molecule has 0 atom stereocenters. The first kappa shape index (κ1) is 21.8. The molecule has 1 saturated heterocycles. The van der Waals surface area contributed by atoms with E-state index in [1.165, 1.54) is 6.21 Å². The van der Waals surface area contributed by atoms with Crippen LogP contribution < -0.4 is 4.90 Å². The highest BCUT2D eigenvalue weighted by Gasteiger charge is 2.40. The number of ketones is 1. The lowest BCUT2D eigenvalue weighted by Crippen LogP contribution is -2.49. The molecule has 0 bridgehead atoms. The maximum absolute atomic E-state index is 15.2. The molecule has 0 amide bonds. The van der Waals surface area contributed by atoms with Crippen LogP contribution in [0.4, 0.5) is 10.1 Å². The minimum atomic E-state index is -0.460. The number of carbonyl (C=O) groups excluding carboxylic acids is 1. The number of hydrogen-bond donors (Lipinski definition) is 1. The van der Waals surface area contributed by atoms with Crippen LogP contribution in [0.5, 0.6) is 0 Å². The van der Waals surface area contributed by atoms with Crippen molar-refractivity contribution in [2.24, 2.45) is 4.99 Å². The van der Waals surface area contributed by atoms with E-state index in [9.17, 15) is 4.79 Å². The summed E-state index contributed by atoms with van der Waals surface area (Å²) in [5, 5.41) is 0.633. The fraction of sp³-hybridized carbons (Fsp3) is 0.407. The van der Waals surface area contributed by atoms with Gasteiger partial charge in [0.2, 0.25) is 0 Å². The van der Waals surface area contributed by atoms with E-state index in [0.29, 0.717) is 33.6 Å². The zero-order chi connectivity index (χ0) is 23.5. The summed E-state index contributed by atoms with van der Waals surface area (Å²) < 4.78 is 15.2. The Morgan fingerprint density at radius 1 is 1.12 bits per heavy atom. The maximum atomic E-state index is 15.2. The van der Waals surface area contributed by atoms with Crippen molar-refractivity contribution < 1.29 is 9.18 Å². The van der Waals surface area contributed by atoms with Crippen molar-refractivity contribution >= 4 is 28.6 Å². The van der Waals surface area contributed by atoms with E-state index in [2.05, 4.69) is 59.6 Å². The van der Waals surface area contributed by atoms with Gasteiger partial charge in [0.25, 0.3) is 0 Å². The number of carbonyl (C=O) groups is 1. The molecule has 3 aromatic rings. The molecule has 172 valence electrons. The number of hydrogen-bond acceptors (Lipinski definition) is 4. The molecule has 2 heterocycles. The Kier molecular flexibility index (Phi) is 5.16. The summed E-state index contributed by atoms with van der Waals surface area (Å²) in [6, 6.07) is 10.3. The first-order chi connectivity index (χ1) is 15.7. The van der Waals surface area contributed by atoms with E-state index < -0.39 is 5.41 Å². The molecule has 1 aromatic heterocycles. The van der Waals surface area contributed by atoms with Gasteiger partial charge in [-0.05, 0) is 43.7 Å². The Bertz CT molecular complexity index is 1280. The number of nitrogens with one attached hydrogen (secondary N) is 1. The standard InChI is InChI=1S/C27H31FN4O/c1-16(2)31-10-12-32(13-11-31)18-7-9-19-21(14-18)27(3,4)26-22(25(19)33)20-8-6-17(15-29-5)23(28)24(20)30-26/h6-9,14-16,30H,10-13H2,1-5H3/b29-15-. The second kappa shape index (κ2) is 7.80. The van der Waals surface area contributed by atoms with Crippen molar-refractivity contribution in [2.75, 3.05) is 38.1 Å². The zero-order valence-corrected chi connectivity index (χ0v) is 20.0. The van der Waals surface area contributed by atoms with Gasteiger partial charge in [0, 0.05) is 78.8 Å². The topological polar surface area (TPSA) is 51.7 Å². The molecule has 5 rings (SSSR count). The second-order valence-corrected chi connectivity index (χ2v) is 9.95. The Labute approximate surface area is 194 Å². The fourth-order valence-corrected chi connectivity index (χ4v) is 5.40. The number of rotatable bonds is 3. The monoisotopic (exact) mass is 446 g/mol. The van der Waals surface area contributed by atoms with Gasteiger partial charge in [-0.25, -0.2) is 4.39 Å². The van der Waals surface area contributed by atoms with Crippen molar-refractivity contribution in [2.45, 2.75) is 39.2 Å². The third-order valence-electron chi connectivity index (χ3n) is 7.39. The third kappa shape index (κ3) is 3.31. The van der Waals surface area contributed by atoms with E-state index in [0.717, 1.165) is 43.1 Å². The quantitative estimate of drug-likeness (QED) is 0.591. The van der Waals surface area contributed by atoms with Crippen LogP contribution in [-0.2, 0) is 5.41 Å². The molecule has 1 fully saturated rings. The molecule has 5 nitrogen and oxygen atoms in total. The summed E-state index contributed by atoms with van der Waals surface area (Å²) in [5.41, 5.74) is 4.53. The van der Waals surface area contributed by atoms with E-state index in [-0.39, 0.29) is 11.6 Å². The van der Waals surface area contributed by atoms with Crippen molar-refractivity contribution in [3.05, 3.63) is 64.1 Å². The van der Waals surface area contributed by atoms with Gasteiger partial charge in [-0.1, -0.05) is 19.9 Å². The van der Waals surface area contributed by atoms with E-state index in [1.54, 1.807) is 13.1 Å². The SMILES string of the molecule is C/N=C\c1ccc2c3c([nH]c2c1F)C(C)(C)c1cc(N2CCN(C(C)C)CC2)ccc1C3=O. The highest BCUT2D eigenvalue weighted by atomic mass is 19.1. The fourth-order valence-electron chi connectivity index (χ4n) is 5.40. The molecule has 1 aliphatic carbocycles. The van der Waals surface area contributed by atoms with Crippen LogP contribution in [-0.4, -0.2) is 61.2 Å². The first-order valence-corrected chi connectivity index (χ1v) is 11.7. The highest BCUT2D eigenvalue weighted by molar-refractivity contribution is 6.20. The lowest BCUT2D eigenvalue weighted by molar-refractivity contribution is 0.103. The molecule has 0 saturated carbocycles. The van der Waals surface area contributed by atoms with Gasteiger partial charge in [-0.2, -0.15) is 0 Å². The maximum Gasteiger partial charge on any atom is 0.195 e. The predicted molar refractivity (Wildman–Crippen MR) is 133 cm³/mol. The smallest absolute Gasteiger partial charge is 0.195 e. The molecule has 0 unspecified atom stereocenters. The number of piperazine rings is 1. The first-order valence-electron chi connectivity index (χ1n) is 11.7. The second-order valence-electron chi connectivity index (χ2n) is 9.95. The van der Waals surface area contributed by atoms with E-state index in [4.69, 9.17) is 0 Å². The summed E-state index contributed by atoms with van der Waals surface area (Å²) in [5.74, 6) is -0.415. The summed E-state index contributed by atoms with van der Waals surface area (Å²) >= 11 is 0. The van der Waals surface area contributed by atoms with E-state index >= 15 is 4.39 Å². The van der Waals surface area contributed by atoms with Crippen LogP contribution in [0.3, 0.4) is 0 Å². The molecule has 6 heteroatoms. The Morgan fingerprint density at radius 3 is 2.52 bits per heavy atom. The van der Waals surface area contributed by atoms with Crippen LogP contribution in [0.1, 0.15) is 60.4 Å². The van der Waals surface area contributed by atoms with Gasteiger partial charge in [-0.15, -0.1) is 0 Å². The highest BCUT2D eigenvalue weighted by Crippen LogP contribution is 2.45. The van der Waals surface area contributed by atoms with Crippen molar-refractivity contribution in [1.29, 1.82) is 0 Å². The minimum Gasteiger partial charge on any atom is -0.369 e. The number of anilines is 1. The number of halogens is 1. The van der Waals surface area contributed by atoms with Gasteiger partial charge in [-0.3, -0.25) is 14.7 Å². The van der Waals surface area contributed by atoms with Crippen LogP contribution in [0.15, 0.2) is 35.3 Å². The van der Waals surface area contributed by atoms with Crippen LogP contribution in [0.25, 0.3) is 10.9 Å². The lowest BCUT2D eigenvalue weighted by atomic mass is 9.71. The number of fused-ring (bicyclic) bond motifs is 4. The normalized spacial score (nSPS) is 18.4. The Hall–Kier alpha value is -2.99. The minimum absolute atomic E-state index is 0.0435. The number of benzene rings is 2. The van der Waals surface area contributed by atoms with Crippen molar-refractivity contribution in [3.63, 3.8) is 0 Å². The molecule has 0 radical (unpaired) electrons. The Morgan fingerprint density at radius 2 is 1.85 bits per heavy atom. The number of aromatic amines is 1. The number of H-pyrrole nitrogens is 1. The van der Waals surface area contributed by atoms with Crippen LogP contribution in [0, 0.1) is 5.82 Å². The van der Waals surface area contributed by atoms with Crippen LogP contribution >= 0.6 is 0 Å². The molecular formula is C27H31FN4O. The van der Waals surface area contributed by atoms with Crippen molar-refractivity contribution in [3.8, 4) is 0 Å². The number of aliphatic imine (C=N–C) groups is 1. The zero-order valence-electron chi connectivity index (χ0n) is 20.0. The number of aromatic nitrogens is 1. The Balaban J connectivity index is 1.58. The molecule has 1 aliphatic heterocycles. The predicted octanol–water partition coefficient (Wildman–Crippen LogP) is 4.76. The van der Waals surface area contributed by atoms with Gasteiger partial charge >= 0.3 is 0 Å². The molecule has 2 aliphatic rings. The summed E-state index contributed by atoms with van der Waals surface area (Å²) in [6.45, 7) is 12.7. The summed E-state index contributed by atoms with van der Waals surface area (Å²) in [4.78, 5) is 25.7. The largest absolute Gasteiger partial charge is 0.369 e. The molecule has 0 spiro atoms. The summed E-state index contributed by atoms with van der Waals surface area (Å²) in [7, 11) is 1.62. The van der Waals surface area contributed by atoms with Crippen LogP contribution in [0.2, 0.25) is 0 Å². The molecule has 33 heavy (non-hydrogen) atoms. The van der Waals surface area contributed by atoms with E-state index in [1.807, 2.05) is 12.1 Å². The van der Waals surface area contributed by atoms with Gasteiger partial charge in [0.05, 0.1) is 11.1 Å². The molecule has 2 aromatic carbocycles. The average molecular weight is 447 g/mol. The lowest BCUT2D eigenvalue weighted by Gasteiger charge is -2.39. The van der Waals surface area contributed by atoms with Gasteiger partial charge in [0.1, 0.15) is 0 Å². The average Bonchev–Trinajstić information content (AvgIpc) is 3.21. The third-order valence-corrected chi connectivity index (χ3v) is 7.39. The molecule has 1 N–H and O–H groups in total. The van der Waals surface area contributed by atoms with Gasteiger partial charge in [0.15, 0.2) is 11.6 Å². The van der Waals surface area contributed by atoms with Crippen molar-refractivity contribution in [1.82, 2.24) is 9.88 Å². The van der Waals surface area contributed by atoms with Gasteiger partial charge < -0.3 is 9.88 Å².